The van der Waals surface area contributed by atoms with Gasteiger partial charge in [0.25, 0.3) is 0 Å². The van der Waals surface area contributed by atoms with Gasteiger partial charge in [0.1, 0.15) is 0 Å². The molecule has 3 nitrogen and oxygen atoms in total. The van der Waals surface area contributed by atoms with Gasteiger partial charge in [0.05, 0.1) is 6.54 Å². The van der Waals surface area contributed by atoms with Crippen LogP contribution < -0.4 is 11.5 Å². The fourth-order valence-electron chi connectivity index (χ4n) is 1.16. The molecule has 4 N–H and O–H groups in total. The van der Waals surface area contributed by atoms with E-state index in [-0.39, 0.29) is 5.96 Å². The fraction of sp³-hybridized carbons (Fsp3) is 0.300. The van der Waals surface area contributed by atoms with Crippen molar-refractivity contribution in [1.29, 1.82) is 0 Å². The number of guanidine groups is 1. The van der Waals surface area contributed by atoms with Gasteiger partial charge >= 0.3 is 0 Å². The van der Waals surface area contributed by atoms with Crippen LogP contribution in [0.4, 0.5) is 0 Å². The Hall–Kier alpha value is -1.51. The Balaban J connectivity index is 2.89. The number of hydrogen-bond acceptors (Lipinski definition) is 1. The Morgan fingerprint density at radius 2 is 2.00 bits per heavy atom. The first kappa shape index (κ1) is 9.58. The topological polar surface area (TPSA) is 64.4 Å². The number of aryl methyl sites for hydroxylation is 1. The van der Waals surface area contributed by atoms with E-state index in [0.717, 1.165) is 0 Å². The number of nitrogens with two attached hydrogens (primary N) is 2. The highest BCUT2D eigenvalue weighted by Gasteiger charge is 1.98. The standard InChI is InChI=1S/C10H15N3/c1-7-4-3-5-9(8(7)2)6-13-10(11)12/h3-5H,6H2,1-2H3,(H4,11,12,13). The van der Waals surface area contributed by atoms with E-state index < -0.39 is 0 Å². The summed E-state index contributed by atoms with van der Waals surface area (Å²) >= 11 is 0. The van der Waals surface area contributed by atoms with E-state index in [1.54, 1.807) is 0 Å². The van der Waals surface area contributed by atoms with E-state index in [1.165, 1.54) is 16.7 Å². The molecule has 0 aromatic heterocycles. The van der Waals surface area contributed by atoms with E-state index in [2.05, 4.69) is 24.9 Å². The minimum atomic E-state index is 0.140. The summed E-state index contributed by atoms with van der Waals surface area (Å²) in [5.74, 6) is 0.140. The van der Waals surface area contributed by atoms with Crippen LogP contribution in [0.25, 0.3) is 0 Å². The molecule has 0 fully saturated rings. The third kappa shape index (κ3) is 2.47. The van der Waals surface area contributed by atoms with Crippen molar-refractivity contribution in [2.75, 3.05) is 0 Å². The largest absolute Gasteiger partial charge is 0.370 e. The molecule has 1 aromatic rings. The summed E-state index contributed by atoms with van der Waals surface area (Å²) in [6.07, 6.45) is 0. The zero-order valence-electron chi connectivity index (χ0n) is 8.04. The van der Waals surface area contributed by atoms with E-state index in [4.69, 9.17) is 11.5 Å². The molecular formula is C10H15N3. The van der Waals surface area contributed by atoms with Gasteiger partial charge in [-0.05, 0) is 30.5 Å². The molecule has 13 heavy (non-hydrogen) atoms. The lowest BCUT2D eigenvalue weighted by Crippen LogP contribution is -2.22. The maximum atomic E-state index is 5.26. The highest BCUT2D eigenvalue weighted by Crippen LogP contribution is 2.13. The van der Waals surface area contributed by atoms with Crippen LogP contribution in [0, 0.1) is 13.8 Å². The number of aliphatic imine (C=N–C) groups is 1. The average molecular weight is 177 g/mol. The van der Waals surface area contributed by atoms with Gasteiger partial charge in [0, 0.05) is 0 Å². The molecule has 1 aromatic carbocycles. The average Bonchev–Trinajstić information content (AvgIpc) is 2.07. The molecule has 70 valence electrons. The van der Waals surface area contributed by atoms with E-state index in [9.17, 15) is 0 Å². The maximum Gasteiger partial charge on any atom is 0.186 e. The van der Waals surface area contributed by atoms with Gasteiger partial charge in [-0.15, -0.1) is 0 Å². The van der Waals surface area contributed by atoms with E-state index in [1.807, 2.05) is 12.1 Å². The summed E-state index contributed by atoms with van der Waals surface area (Å²) in [6, 6.07) is 6.13. The fourth-order valence-corrected chi connectivity index (χ4v) is 1.16. The first-order chi connectivity index (χ1) is 6.11. The monoisotopic (exact) mass is 177 g/mol. The highest BCUT2D eigenvalue weighted by atomic mass is 15.0. The van der Waals surface area contributed by atoms with Crippen molar-refractivity contribution in [3.05, 3.63) is 34.9 Å². The number of hydrogen-bond donors (Lipinski definition) is 2. The van der Waals surface area contributed by atoms with Gasteiger partial charge in [-0.25, -0.2) is 4.99 Å². The summed E-state index contributed by atoms with van der Waals surface area (Å²) in [5.41, 5.74) is 14.2. The minimum Gasteiger partial charge on any atom is -0.370 e. The van der Waals surface area contributed by atoms with Gasteiger partial charge < -0.3 is 11.5 Å². The quantitative estimate of drug-likeness (QED) is 0.524. The molecule has 0 unspecified atom stereocenters. The zero-order chi connectivity index (χ0) is 9.84. The Kier molecular flexibility index (Phi) is 2.90. The number of benzene rings is 1. The van der Waals surface area contributed by atoms with Gasteiger partial charge in [-0.1, -0.05) is 18.2 Å². The van der Waals surface area contributed by atoms with E-state index >= 15 is 0 Å². The third-order valence-corrected chi connectivity index (χ3v) is 2.15. The van der Waals surface area contributed by atoms with Crippen molar-refractivity contribution in [3.63, 3.8) is 0 Å². The van der Waals surface area contributed by atoms with Crippen molar-refractivity contribution in [3.8, 4) is 0 Å². The number of rotatable bonds is 2. The predicted octanol–water partition coefficient (Wildman–Crippen LogP) is 1.08. The SMILES string of the molecule is Cc1cccc(CN=C(N)N)c1C. The van der Waals surface area contributed by atoms with Crippen LogP contribution >= 0.6 is 0 Å². The molecule has 0 bridgehead atoms. The molecule has 0 saturated heterocycles. The Morgan fingerprint density at radius 1 is 1.31 bits per heavy atom. The Morgan fingerprint density at radius 3 is 2.62 bits per heavy atom. The molecule has 0 spiro atoms. The normalized spacial score (nSPS) is 9.69. The smallest absolute Gasteiger partial charge is 0.186 e. The van der Waals surface area contributed by atoms with Crippen LogP contribution in [0.2, 0.25) is 0 Å². The van der Waals surface area contributed by atoms with Crippen LogP contribution in [0.1, 0.15) is 16.7 Å². The lowest BCUT2D eigenvalue weighted by atomic mass is 10.0. The van der Waals surface area contributed by atoms with Crippen molar-refractivity contribution >= 4 is 5.96 Å². The summed E-state index contributed by atoms with van der Waals surface area (Å²) in [5, 5.41) is 0. The van der Waals surface area contributed by atoms with Crippen LogP contribution in [0.3, 0.4) is 0 Å². The van der Waals surface area contributed by atoms with Crippen molar-refractivity contribution in [2.24, 2.45) is 16.5 Å². The molecule has 0 heterocycles. The van der Waals surface area contributed by atoms with Crippen molar-refractivity contribution in [2.45, 2.75) is 20.4 Å². The summed E-state index contributed by atoms with van der Waals surface area (Å²) in [7, 11) is 0. The molecule has 0 saturated carbocycles. The highest BCUT2D eigenvalue weighted by molar-refractivity contribution is 5.75. The zero-order valence-corrected chi connectivity index (χ0v) is 8.04. The second-order valence-corrected chi connectivity index (χ2v) is 3.10. The van der Waals surface area contributed by atoms with Crippen LogP contribution in [0.5, 0.6) is 0 Å². The lowest BCUT2D eigenvalue weighted by molar-refractivity contribution is 1.03. The second-order valence-electron chi connectivity index (χ2n) is 3.10. The van der Waals surface area contributed by atoms with Gasteiger partial charge in [0.15, 0.2) is 5.96 Å². The molecule has 0 aliphatic heterocycles. The maximum absolute atomic E-state index is 5.26. The van der Waals surface area contributed by atoms with Crippen molar-refractivity contribution < 1.29 is 0 Å². The summed E-state index contributed by atoms with van der Waals surface area (Å²) < 4.78 is 0. The summed E-state index contributed by atoms with van der Waals surface area (Å²) in [6.45, 7) is 4.72. The molecule has 0 radical (unpaired) electrons. The Labute approximate surface area is 78.5 Å². The van der Waals surface area contributed by atoms with Crippen LogP contribution in [-0.2, 0) is 6.54 Å². The minimum absolute atomic E-state index is 0.140. The van der Waals surface area contributed by atoms with E-state index in [0.29, 0.717) is 6.54 Å². The third-order valence-electron chi connectivity index (χ3n) is 2.15. The molecule has 1 rings (SSSR count). The molecule has 0 amide bonds. The number of nitrogens with zero attached hydrogens (tertiary/aromatic N) is 1. The van der Waals surface area contributed by atoms with Crippen molar-refractivity contribution in [1.82, 2.24) is 0 Å². The molecular weight excluding hydrogens is 162 g/mol. The molecule has 0 aliphatic carbocycles. The Bertz CT molecular complexity index is 325. The molecule has 3 heteroatoms. The second kappa shape index (κ2) is 3.94. The van der Waals surface area contributed by atoms with Gasteiger partial charge in [0.2, 0.25) is 0 Å². The molecule has 0 atom stereocenters. The van der Waals surface area contributed by atoms with Gasteiger partial charge in [-0.2, -0.15) is 0 Å². The predicted molar refractivity (Wildman–Crippen MR) is 55.4 cm³/mol. The first-order valence-electron chi connectivity index (χ1n) is 4.21. The van der Waals surface area contributed by atoms with Crippen LogP contribution in [-0.4, -0.2) is 5.96 Å². The first-order valence-corrected chi connectivity index (χ1v) is 4.21. The van der Waals surface area contributed by atoms with Crippen LogP contribution in [0.15, 0.2) is 23.2 Å². The van der Waals surface area contributed by atoms with Gasteiger partial charge in [-0.3, -0.25) is 0 Å². The summed E-state index contributed by atoms with van der Waals surface area (Å²) in [4.78, 5) is 3.97. The molecule has 0 aliphatic rings. The lowest BCUT2D eigenvalue weighted by Gasteiger charge is -2.05.